The summed E-state index contributed by atoms with van der Waals surface area (Å²) in [7, 11) is 1.58. The van der Waals surface area contributed by atoms with Gasteiger partial charge < -0.3 is 24.6 Å². The Labute approximate surface area is 157 Å². The molecule has 1 amide bonds. The van der Waals surface area contributed by atoms with E-state index in [0.29, 0.717) is 36.0 Å². The summed E-state index contributed by atoms with van der Waals surface area (Å²) in [6, 6.07) is 11.0. The van der Waals surface area contributed by atoms with Crippen LogP contribution in [0.5, 0.6) is 11.5 Å². The number of amides is 1. The molecule has 2 rings (SSSR count). The molecule has 2 aromatic rings. The SMILES string of the molecule is COCCOc1cccc(C(=O)Nc2cc(C(=O)O)ccc2OC(C)C)c1. The van der Waals surface area contributed by atoms with Crippen LogP contribution in [-0.4, -0.2) is 43.4 Å². The predicted molar refractivity (Wildman–Crippen MR) is 101 cm³/mol. The number of anilines is 1. The van der Waals surface area contributed by atoms with Gasteiger partial charge in [0.1, 0.15) is 18.1 Å². The van der Waals surface area contributed by atoms with Crippen molar-refractivity contribution in [2.45, 2.75) is 20.0 Å². The van der Waals surface area contributed by atoms with Crippen LogP contribution in [0.3, 0.4) is 0 Å². The first kappa shape index (κ1) is 20.3. The number of methoxy groups -OCH3 is 1. The number of rotatable bonds is 9. The van der Waals surface area contributed by atoms with Gasteiger partial charge >= 0.3 is 5.97 Å². The fourth-order valence-corrected chi connectivity index (χ4v) is 2.28. The summed E-state index contributed by atoms with van der Waals surface area (Å²) in [5.41, 5.74) is 0.721. The van der Waals surface area contributed by atoms with E-state index in [0.717, 1.165) is 0 Å². The van der Waals surface area contributed by atoms with Crippen molar-refractivity contribution in [2.24, 2.45) is 0 Å². The van der Waals surface area contributed by atoms with E-state index in [4.69, 9.17) is 14.2 Å². The maximum atomic E-state index is 12.6. The summed E-state index contributed by atoms with van der Waals surface area (Å²) in [4.78, 5) is 23.9. The van der Waals surface area contributed by atoms with Crippen molar-refractivity contribution >= 4 is 17.6 Å². The molecule has 0 unspecified atom stereocenters. The van der Waals surface area contributed by atoms with Gasteiger partial charge in [-0.3, -0.25) is 4.79 Å². The van der Waals surface area contributed by atoms with Gasteiger partial charge in [0.2, 0.25) is 0 Å². The number of hydrogen-bond acceptors (Lipinski definition) is 5. The Balaban J connectivity index is 2.22. The Morgan fingerprint density at radius 2 is 1.85 bits per heavy atom. The zero-order chi connectivity index (χ0) is 19.8. The maximum Gasteiger partial charge on any atom is 0.335 e. The molecule has 0 aromatic heterocycles. The molecule has 0 saturated heterocycles. The van der Waals surface area contributed by atoms with Gasteiger partial charge in [-0.25, -0.2) is 4.79 Å². The number of nitrogens with one attached hydrogen (secondary N) is 1. The van der Waals surface area contributed by atoms with Gasteiger partial charge in [0.05, 0.1) is 24.0 Å². The molecule has 0 fully saturated rings. The van der Waals surface area contributed by atoms with Gasteiger partial charge in [-0.2, -0.15) is 0 Å². The second kappa shape index (κ2) is 9.59. The molecule has 2 N–H and O–H groups in total. The summed E-state index contributed by atoms with van der Waals surface area (Å²) in [5, 5.41) is 11.9. The van der Waals surface area contributed by atoms with Crippen LogP contribution in [0.15, 0.2) is 42.5 Å². The molecule has 0 atom stereocenters. The van der Waals surface area contributed by atoms with Crippen molar-refractivity contribution in [1.82, 2.24) is 0 Å². The minimum atomic E-state index is -1.09. The van der Waals surface area contributed by atoms with Crippen LogP contribution in [0.2, 0.25) is 0 Å². The third-order valence-corrected chi connectivity index (χ3v) is 3.49. The average molecular weight is 373 g/mol. The van der Waals surface area contributed by atoms with Gasteiger partial charge in [0.15, 0.2) is 0 Å². The number of aromatic carboxylic acids is 1. The number of carboxylic acids is 1. The number of carbonyl (C=O) groups is 2. The lowest BCUT2D eigenvalue weighted by Gasteiger charge is -2.16. The van der Waals surface area contributed by atoms with Crippen LogP contribution in [0.1, 0.15) is 34.6 Å². The van der Waals surface area contributed by atoms with Gasteiger partial charge in [-0.05, 0) is 50.2 Å². The van der Waals surface area contributed by atoms with Crippen LogP contribution in [0.4, 0.5) is 5.69 Å². The minimum Gasteiger partial charge on any atom is -0.491 e. The largest absolute Gasteiger partial charge is 0.491 e. The van der Waals surface area contributed by atoms with E-state index in [9.17, 15) is 14.7 Å². The number of ether oxygens (including phenoxy) is 3. The van der Waals surface area contributed by atoms with Crippen LogP contribution < -0.4 is 14.8 Å². The predicted octanol–water partition coefficient (Wildman–Crippen LogP) is 3.45. The van der Waals surface area contributed by atoms with Crippen molar-refractivity contribution in [1.29, 1.82) is 0 Å². The molecule has 0 aliphatic carbocycles. The number of benzene rings is 2. The summed E-state index contributed by atoms with van der Waals surface area (Å²) < 4.78 is 16.1. The normalized spacial score (nSPS) is 10.5. The number of carboxylic acid groups (broad SMARTS) is 1. The molecule has 2 aromatic carbocycles. The van der Waals surface area contributed by atoms with Crippen LogP contribution in [0, 0.1) is 0 Å². The lowest BCUT2D eigenvalue weighted by Crippen LogP contribution is -2.15. The Morgan fingerprint density at radius 3 is 2.52 bits per heavy atom. The van der Waals surface area contributed by atoms with Crippen molar-refractivity contribution in [2.75, 3.05) is 25.6 Å². The molecule has 144 valence electrons. The van der Waals surface area contributed by atoms with E-state index < -0.39 is 11.9 Å². The molecule has 0 bridgehead atoms. The van der Waals surface area contributed by atoms with E-state index in [2.05, 4.69) is 5.32 Å². The lowest BCUT2D eigenvalue weighted by atomic mass is 10.1. The molecule has 0 aliphatic rings. The zero-order valence-corrected chi connectivity index (χ0v) is 15.5. The maximum absolute atomic E-state index is 12.6. The zero-order valence-electron chi connectivity index (χ0n) is 15.5. The Kier molecular flexibility index (Phi) is 7.19. The monoisotopic (exact) mass is 373 g/mol. The van der Waals surface area contributed by atoms with Gasteiger partial charge in [-0.1, -0.05) is 6.07 Å². The highest BCUT2D eigenvalue weighted by molar-refractivity contribution is 6.06. The highest BCUT2D eigenvalue weighted by Crippen LogP contribution is 2.28. The van der Waals surface area contributed by atoms with E-state index in [-0.39, 0.29) is 11.7 Å². The average Bonchev–Trinajstić information content (AvgIpc) is 2.63. The molecule has 0 saturated carbocycles. The summed E-state index contributed by atoms with van der Waals surface area (Å²) in [6.45, 7) is 4.50. The summed E-state index contributed by atoms with van der Waals surface area (Å²) >= 11 is 0. The number of hydrogen-bond donors (Lipinski definition) is 2. The van der Waals surface area contributed by atoms with Crippen molar-refractivity contribution in [3.8, 4) is 11.5 Å². The molecule has 0 radical (unpaired) electrons. The van der Waals surface area contributed by atoms with E-state index in [1.54, 1.807) is 31.4 Å². The van der Waals surface area contributed by atoms with Crippen molar-refractivity contribution in [3.05, 3.63) is 53.6 Å². The minimum absolute atomic E-state index is 0.0538. The standard InChI is InChI=1S/C20H23NO6/c1-13(2)27-18-8-7-15(20(23)24)12-17(18)21-19(22)14-5-4-6-16(11-14)26-10-9-25-3/h4-8,11-13H,9-10H2,1-3H3,(H,21,22)(H,23,24). The van der Waals surface area contributed by atoms with Crippen LogP contribution in [-0.2, 0) is 4.74 Å². The molecular formula is C20H23NO6. The lowest BCUT2D eigenvalue weighted by molar-refractivity contribution is 0.0696. The van der Waals surface area contributed by atoms with Gasteiger partial charge in [0, 0.05) is 12.7 Å². The fraction of sp³-hybridized carbons (Fsp3) is 0.300. The first-order valence-corrected chi connectivity index (χ1v) is 8.48. The Bertz CT molecular complexity index is 803. The smallest absolute Gasteiger partial charge is 0.335 e. The molecular weight excluding hydrogens is 350 g/mol. The van der Waals surface area contributed by atoms with Gasteiger partial charge in [0.25, 0.3) is 5.91 Å². The second-order valence-corrected chi connectivity index (χ2v) is 6.01. The molecule has 0 spiro atoms. The quantitative estimate of drug-likeness (QED) is 0.654. The van der Waals surface area contributed by atoms with Crippen LogP contribution in [0.25, 0.3) is 0 Å². The van der Waals surface area contributed by atoms with Crippen LogP contribution >= 0.6 is 0 Å². The van der Waals surface area contributed by atoms with Crippen molar-refractivity contribution < 1.29 is 28.9 Å². The Hall–Kier alpha value is -3.06. The molecule has 7 nitrogen and oxygen atoms in total. The van der Waals surface area contributed by atoms with Crippen molar-refractivity contribution in [3.63, 3.8) is 0 Å². The number of carbonyl (C=O) groups excluding carboxylic acids is 1. The van der Waals surface area contributed by atoms with E-state index in [1.165, 1.54) is 18.2 Å². The first-order chi connectivity index (χ1) is 12.9. The third-order valence-electron chi connectivity index (χ3n) is 3.49. The Morgan fingerprint density at radius 1 is 1.07 bits per heavy atom. The molecule has 27 heavy (non-hydrogen) atoms. The summed E-state index contributed by atoms with van der Waals surface area (Å²) in [5.74, 6) is -0.549. The molecule has 7 heteroatoms. The molecule has 0 aliphatic heterocycles. The highest BCUT2D eigenvalue weighted by Gasteiger charge is 2.15. The third kappa shape index (κ3) is 6.00. The topological polar surface area (TPSA) is 94.1 Å². The first-order valence-electron chi connectivity index (χ1n) is 8.48. The molecule has 0 heterocycles. The second-order valence-electron chi connectivity index (χ2n) is 6.01. The highest BCUT2D eigenvalue weighted by atomic mass is 16.5. The van der Waals surface area contributed by atoms with E-state index in [1.807, 2.05) is 13.8 Å². The van der Waals surface area contributed by atoms with E-state index >= 15 is 0 Å². The summed E-state index contributed by atoms with van der Waals surface area (Å²) in [6.07, 6.45) is -0.131. The fourth-order valence-electron chi connectivity index (χ4n) is 2.28. The van der Waals surface area contributed by atoms with Gasteiger partial charge in [-0.15, -0.1) is 0 Å².